The number of hydrogen-bond acceptors (Lipinski definition) is 5. The predicted octanol–water partition coefficient (Wildman–Crippen LogP) is 15.1. The number of rotatable bonds is 6. The van der Waals surface area contributed by atoms with Crippen molar-refractivity contribution in [2.75, 3.05) is 4.90 Å². The van der Waals surface area contributed by atoms with Gasteiger partial charge in [0.25, 0.3) is 0 Å². The minimum Gasteiger partial charge on any atom is -0.456 e. The Labute approximate surface area is 361 Å². The van der Waals surface area contributed by atoms with Crippen LogP contribution in [-0.4, -0.2) is 19.5 Å². The summed E-state index contributed by atoms with van der Waals surface area (Å²) in [6.45, 7) is 0. The maximum absolute atomic E-state index is 6.53. The van der Waals surface area contributed by atoms with Crippen molar-refractivity contribution in [3.05, 3.63) is 212 Å². The zero-order valence-corrected chi connectivity index (χ0v) is 33.9. The summed E-state index contributed by atoms with van der Waals surface area (Å²) in [4.78, 5) is 18.3. The molecule has 3 aromatic heterocycles. The molecule has 0 unspecified atom stereocenters. The third-order valence-corrected chi connectivity index (χ3v) is 12.4. The normalized spacial score (nSPS) is 11.8. The molecule has 0 amide bonds. The lowest BCUT2D eigenvalue weighted by Gasteiger charge is -2.26. The fourth-order valence-electron chi connectivity index (χ4n) is 9.55. The number of para-hydroxylation sites is 2. The molecule has 0 aliphatic heterocycles. The lowest BCUT2D eigenvalue weighted by atomic mass is 9.98. The van der Waals surface area contributed by atoms with Gasteiger partial charge in [0.15, 0.2) is 11.6 Å². The Morgan fingerprint density at radius 3 is 1.83 bits per heavy atom. The van der Waals surface area contributed by atoms with E-state index >= 15 is 0 Å². The van der Waals surface area contributed by atoms with Crippen LogP contribution in [0.4, 0.5) is 17.1 Å². The Morgan fingerprint density at radius 2 is 0.984 bits per heavy atom. The summed E-state index contributed by atoms with van der Waals surface area (Å²) in [6, 6.07) is 74.6. The first-order chi connectivity index (χ1) is 31.2. The molecule has 0 aliphatic carbocycles. The first kappa shape index (κ1) is 35.2. The van der Waals surface area contributed by atoms with Gasteiger partial charge in [-0.05, 0) is 93.0 Å². The van der Waals surface area contributed by atoms with Gasteiger partial charge in [-0.1, -0.05) is 152 Å². The van der Waals surface area contributed by atoms with E-state index < -0.39 is 0 Å². The van der Waals surface area contributed by atoms with Crippen LogP contribution in [0.3, 0.4) is 0 Å². The molecule has 0 spiro atoms. The first-order valence-corrected chi connectivity index (χ1v) is 21.2. The Balaban J connectivity index is 1.09. The molecule has 13 aromatic rings. The average Bonchev–Trinajstić information content (AvgIpc) is 3.90. The first-order valence-electron chi connectivity index (χ1n) is 21.2. The molecule has 13 rings (SSSR count). The lowest BCUT2D eigenvalue weighted by Crippen LogP contribution is -2.10. The van der Waals surface area contributed by atoms with Crippen molar-refractivity contribution in [3.8, 4) is 28.7 Å². The predicted molar refractivity (Wildman–Crippen MR) is 260 cm³/mol. The van der Waals surface area contributed by atoms with Gasteiger partial charge >= 0.3 is 0 Å². The highest BCUT2D eigenvalue weighted by atomic mass is 16.3. The van der Waals surface area contributed by atoms with Gasteiger partial charge in [0.05, 0.1) is 11.0 Å². The molecule has 0 N–H and O–H groups in total. The summed E-state index contributed by atoms with van der Waals surface area (Å²) in [6.07, 6.45) is 0. The highest BCUT2D eigenvalue weighted by Gasteiger charge is 2.23. The second kappa shape index (κ2) is 14.0. The molecule has 0 bridgehead atoms. The maximum Gasteiger partial charge on any atom is 0.238 e. The van der Waals surface area contributed by atoms with E-state index in [1.807, 2.05) is 30.3 Å². The van der Waals surface area contributed by atoms with E-state index in [-0.39, 0.29) is 0 Å². The fourth-order valence-corrected chi connectivity index (χ4v) is 9.55. The van der Waals surface area contributed by atoms with Crippen LogP contribution < -0.4 is 4.90 Å². The molecular formula is C57H35N5O. The van der Waals surface area contributed by atoms with E-state index in [0.29, 0.717) is 17.6 Å². The van der Waals surface area contributed by atoms with Gasteiger partial charge < -0.3 is 9.32 Å². The summed E-state index contributed by atoms with van der Waals surface area (Å²) < 4.78 is 8.74. The number of fused-ring (bicyclic) bond motifs is 11. The van der Waals surface area contributed by atoms with E-state index in [0.717, 1.165) is 93.5 Å². The van der Waals surface area contributed by atoms with Crippen molar-refractivity contribution < 1.29 is 4.42 Å². The van der Waals surface area contributed by atoms with Crippen LogP contribution in [0.15, 0.2) is 217 Å². The lowest BCUT2D eigenvalue weighted by molar-refractivity contribution is 0.669. The third kappa shape index (κ3) is 5.62. The number of nitrogens with zero attached hydrogens (tertiary/aromatic N) is 5. The van der Waals surface area contributed by atoms with Crippen molar-refractivity contribution in [3.63, 3.8) is 0 Å². The van der Waals surface area contributed by atoms with E-state index in [1.165, 1.54) is 10.8 Å². The summed E-state index contributed by atoms with van der Waals surface area (Å²) in [5.41, 5.74) is 8.61. The van der Waals surface area contributed by atoms with Crippen LogP contribution >= 0.6 is 0 Å². The van der Waals surface area contributed by atoms with E-state index in [1.54, 1.807) is 0 Å². The van der Waals surface area contributed by atoms with Crippen molar-refractivity contribution in [1.82, 2.24) is 19.5 Å². The van der Waals surface area contributed by atoms with Crippen molar-refractivity contribution in [1.29, 1.82) is 0 Å². The monoisotopic (exact) mass is 805 g/mol. The quantitative estimate of drug-likeness (QED) is 0.167. The summed E-state index contributed by atoms with van der Waals surface area (Å²) in [5, 5.41) is 11.2. The molecule has 294 valence electrons. The molecule has 10 aromatic carbocycles. The zero-order valence-electron chi connectivity index (χ0n) is 33.9. The molecule has 6 heteroatoms. The molecule has 0 saturated carbocycles. The van der Waals surface area contributed by atoms with Crippen LogP contribution in [0, 0.1) is 0 Å². The average molecular weight is 806 g/mol. The van der Waals surface area contributed by atoms with Gasteiger partial charge in [-0.25, -0.2) is 4.98 Å². The molecule has 0 atom stereocenters. The smallest absolute Gasteiger partial charge is 0.238 e. The SMILES string of the molecule is c1ccc(-c2nc(-c3cc4oc5ccccc5c4c4ccccc34)nc(-n3c4ccc(N(c5ccccc5)c5ccc6ccccc6c5)cc4c4c5ccccc5ccc43)n2)cc1. The number of benzene rings is 10. The molecule has 63 heavy (non-hydrogen) atoms. The highest BCUT2D eigenvalue weighted by Crippen LogP contribution is 2.43. The Kier molecular flexibility index (Phi) is 7.80. The van der Waals surface area contributed by atoms with E-state index in [2.05, 4.69) is 191 Å². The van der Waals surface area contributed by atoms with Gasteiger partial charge in [0.1, 0.15) is 11.2 Å². The Hall–Kier alpha value is -8.61. The molecule has 6 nitrogen and oxygen atoms in total. The maximum atomic E-state index is 6.53. The van der Waals surface area contributed by atoms with Gasteiger partial charge in [0, 0.05) is 49.7 Å². The minimum atomic E-state index is 0.533. The van der Waals surface area contributed by atoms with Crippen molar-refractivity contribution in [2.24, 2.45) is 0 Å². The number of hydrogen-bond donors (Lipinski definition) is 0. The molecule has 3 heterocycles. The van der Waals surface area contributed by atoms with Crippen LogP contribution in [-0.2, 0) is 0 Å². The fraction of sp³-hybridized carbons (Fsp3) is 0. The topological polar surface area (TPSA) is 60.0 Å². The van der Waals surface area contributed by atoms with Crippen LogP contribution in [0.2, 0.25) is 0 Å². The molecular weight excluding hydrogens is 771 g/mol. The summed E-state index contributed by atoms with van der Waals surface area (Å²) >= 11 is 0. The molecule has 0 fully saturated rings. The molecule has 0 radical (unpaired) electrons. The minimum absolute atomic E-state index is 0.533. The second-order valence-corrected chi connectivity index (χ2v) is 16.0. The largest absolute Gasteiger partial charge is 0.456 e. The third-order valence-electron chi connectivity index (χ3n) is 12.4. The molecule has 0 aliphatic rings. The van der Waals surface area contributed by atoms with Gasteiger partial charge in [-0.15, -0.1) is 0 Å². The Bertz CT molecular complexity index is 3930. The van der Waals surface area contributed by atoms with E-state index in [9.17, 15) is 0 Å². The second-order valence-electron chi connectivity index (χ2n) is 16.0. The van der Waals surface area contributed by atoms with Crippen molar-refractivity contribution >= 4 is 93.1 Å². The Morgan fingerprint density at radius 1 is 0.365 bits per heavy atom. The zero-order chi connectivity index (χ0) is 41.4. The van der Waals surface area contributed by atoms with Gasteiger partial charge in [-0.2, -0.15) is 9.97 Å². The summed E-state index contributed by atoms with van der Waals surface area (Å²) in [5.74, 6) is 1.69. The van der Waals surface area contributed by atoms with Crippen LogP contribution in [0.5, 0.6) is 0 Å². The van der Waals surface area contributed by atoms with E-state index in [4.69, 9.17) is 19.4 Å². The summed E-state index contributed by atoms with van der Waals surface area (Å²) in [7, 11) is 0. The van der Waals surface area contributed by atoms with Crippen LogP contribution in [0.25, 0.3) is 105 Å². The van der Waals surface area contributed by atoms with Gasteiger partial charge in [-0.3, -0.25) is 4.57 Å². The molecule has 0 saturated heterocycles. The standard InChI is InChI=1S/C57H35N5O/c1-3-17-38(18-4-1)55-58-56(47-35-52-54(45-24-12-11-23-44(45)47)46-25-13-14-26-51(46)63-52)60-57(59-55)62-49-32-30-42(34-48(49)53-43-22-10-9-16-37(43)28-31-50(53)62)61(40-20-5-2-6-21-40)41-29-27-36-15-7-8-19-39(36)33-41/h1-35H. The van der Waals surface area contributed by atoms with Gasteiger partial charge in [0.2, 0.25) is 5.95 Å². The van der Waals surface area contributed by atoms with Crippen LogP contribution in [0.1, 0.15) is 0 Å². The number of aromatic nitrogens is 4. The number of anilines is 3. The van der Waals surface area contributed by atoms with Crippen molar-refractivity contribution in [2.45, 2.75) is 0 Å². The number of furan rings is 1. The highest BCUT2D eigenvalue weighted by molar-refractivity contribution is 6.23.